The predicted molar refractivity (Wildman–Crippen MR) is 78.5 cm³/mol. The average molecular weight is 265 g/mol. The van der Waals surface area contributed by atoms with E-state index in [9.17, 15) is 4.79 Å². The minimum Gasteiger partial charge on any atom is -0.397 e. The molecular weight excluding hydrogens is 242 g/mol. The summed E-state index contributed by atoms with van der Waals surface area (Å²) in [5.41, 5.74) is 7.96. The van der Waals surface area contributed by atoms with Crippen molar-refractivity contribution in [2.24, 2.45) is 0 Å². The van der Waals surface area contributed by atoms with E-state index in [0.29, 0.717) is 24.4 Å². The van der Waals surface area contributed by atoms with Crippen LogP contribution in [0.1, 0.15) is 30.1 Å². The van der Waals surface area contributed by atoms with E-state index in [1.54, 1.807) is 19.2 Å². The molecule has 0 aliphatic carbocycles. The molecular formula is C14H23N3O2. The molecule has 0 aromatic heterocycles. The van der Waals surface area contributed by atoms with Crippen molar-refractivity contribution in [3.8, 4) is 0 Å². The molecule has 0 heterocycles. The zero-order valence-corrected chi connectivity index (χ0v) is 11.7. The van der Waals surface area contributed by atoms with E-state index >= 15 is 0 Å². The molecule has 0 aliphatic rings. The van der Waals surface area contributed by atoms with Crippen LogP contribution in [0, 0.1) is 0 Å². The first-order chi connectivity index (χ1) is 9.19. The summed E-state index contributed by atoms with van der Waals surface area (Å²) in [5.74, 6) is -0.135. The van der Waals surface area contributed by atoms with Gasteiger partial charge >= 0.3 is 0 Å². The van der Waals surface area contributed by atoms with Gasteiger partial charge in [0.1, 0.15) is 0 Å². The van der Waals surface area contributed by atoms with Crippen LogP contribution in [0.2, 0.25) is 0 Å². The molecule has 1 rings (SSSR count). The highest BCUT2D eigenvalue weighted by atomic mass is 16.5. The summed E-state index contributed by atoms with van der Waals surface area (Å²) in [4.78, 5) is 11.8. The molecule has 0 saturated heterocycles. The van der Waals surface area contributed by atoms with E-state index in [2.05, 4.69) is 17.6 Å². The lowest BCUT2D eigenvalue weighted by Gasteiger charge is -2.10. The number of unbranched alkanes of at least 4 members (excludes halogenated alkanes) is 1. The molecule has 5 heteroatoms. The molecule has 5 nitrogen and oxygen atoms in total. The Morgan fingerprint density at radius 3 is 2.79 bits per heavy atom. The summed E-state index contributed by atoms with van der Waals surface area (Å²) in [5, 5.41) is 6.01. The smallest absolute Gasteiger partial charge is 0.251 e. The Labute approximate surface area is 114 Å². The second-order valence-corrected chi connectivity index (χ2v) is 4.33. The lowest BCUT2D eigenvalue weighted by molar-refractivity contribution is 0.0937. The summed E-state index contributed by atoms with van der Waals surface area (Å²) in [6.45, 7) is 4.02. The zero-order valence-electron chi connectivity index (χ0n) is 11.7. The van der Waals surface area contributed by atoms with Crippen molar-refractivity contribution in [2.75, 3.05) is 37.9 Å². The van der Waals surface area contributed by atoms with E-state index in [0.717, 1.165) is 25.1 Å². The summed E-state index contributed by atoms with van der Waals surface area (Å²) in [6, 6.07) is 5.30. The van der Waals surface area contributed by atoms with Gasteiger partial charge in [0.15, 0.2) is 0 Å². The quantitative estimate of drug-likeness (QED) is 0.495. The van der Waals surface area contributed by atoms with Gasteiger partial charge in [-0.3, -0.25) is 4.79 Å². The van der Waals surface area contributed by atoms with Gasteiger partial charge in [0.2, 0.25) is 0 Å². The van der Waals surface area contributed by atoms with Crippen molar-refractivity contribution >= 4 is 17.3 Å². The molecule has 0 saturated carbocycles. The van der Waals surface area contributed by atoms with Crippen LogP contribution in [0.5, 0.6) is 0 Å². The average Bonchev–Trinajstić information content (AvgIpc) is 2.41. The van der Waals surface area contributed by atoms with Crippen molar-refractivity contribution in [1.29, 1.82) is 0 Å². The molecule has 0 spiro atoms. The molecule has 1 aromatic carbocycles. The van der Waals surface area contributed by atoms with Crippen molar-refractivity contribution in [1.82, 2.24) is 5.32 Å². The lowest BCUT2D eigenvalue weighted by atomic mass is 10.1. The van der Waals surface area contributed by atoms with E-state index in [1.165, 1.54) is 0 Å². The number of ether oxygens (including phenoxy) is 1. The zero-order chi connectivity index (χ0) is 14.1. The number of nitrogen functional groups attached to an aromatic ring is 1. The molecule has 0 atom stereocenters. The van der Waals surface area contributed by atoms with Crippen LogP contribution in [-0.2, 0) is 4.74 Å². The first-order valence-electron chi connectivity index (χ1n) is 6.59. The highest BCUT2D eigenvalue weighted by Crippen LogP contribution is 2.19. The van der Waals surface area contributed by atoms with Crippen molar-refractivity contribution in [2.45, 2.75) is 19.8 Å². The van der Waals surface area contributed by atoms with Gasteiger partial charge in [-0.25, -0.2) is 0 Å². The van der Waals surface area contributed by atoms with Gasteiger partial charge in [-0.05, 0) is 24.6 Å². The number of amides is 1. The fourth-order valence-electron chi connectivity index (χ4n) is 1.63. The van der Waals surface area contributed by atoms with Crippen molar-refractivity contribution in [3.05, 3.63) is 23.8 Å². The van der Waals surface area contributed by atoms with E-state index < -0.39 is 0 Å². The minimum atomic E-state index is -0.135. The topological polar surface area (TPSA) is 76.4 Å². The molecule has 1 amide bonds. The van der Waals surface area contributed by atoms with Gasteiger partial charge in [0.25, 0.3) is 5.91 Å². The Morgan fingerprint density at radius 1 is 1.37 bits per heavy atom. The third kappa shape index (κ3) is 5.18. The van der Waals surface area contributed by atoms with Gasteiger partial charge in [0.05, 0.1) is 18.0 Å². The minimum absolute atomic E-state index is 0.135. The van der Waals surface area contributed by atoms with Crippen LogP contribution in [-0.4, -0.2) is 32.7 Å². The maximum atomic E-state index is 11.8. The van der Waals surface area contributed by atoms with Crippen LogP contribution in [0.25, 0.3) is 0 Å². The number of nitrogens with one attached hydrogen (secondary N) is 2. The van der Waals surface area contributed by atoms with E-state index in [-0.39, 0.29) is 5.91 Å². The highest BCUT2D eigenvalue weighted by molar-refractivity contribution is 5.96. The van der Waals surface area contributed by atoms with E-state index in [4.69, 9.17) is 10.5 Å². The molecule has 1 aromatic rings. The summed E-state index contributed by atoms with van der Waals surface area (Å²) < 4.78 is 4.88. The molecule has 106 valence electrons. The monoisotopic (exact) mass is 265 g/mol. The van der Waals surface area contributed by atoms with Crippen LogP contribution in [0.15, 0.2) is 18.2 Å². The predicted octanol–water partition coefficient (Wildman–Crippen LogP) is 1.86. The number of benzene rings is 1. The maximum absolute atomic E-state index is 11.8. The number of hydrogen-bond donors (Lipinski definition) is 3. The first kappa shape index (κ1) is 15.3. The van der Waals surface area contributed by atoms with Crippen LogP contribution < -0.4 is 16.4 Å². The highest BCUT2D eigenvalue weighted by Gasteiger charge is 2.07. The van der Waals surface area contributed by atoms with Crippen molar-refractivity contribution in [3.63, 3.8) is 0 Å². The molecule has 0 aliphatic heterocycles. The Morgan fingerprint density at radius 2 is 2.16 bits per heavy atom. The Balaban J connectivity index is 2.57. The molecule has 0 bridgehead atoms. The third-order valence-corrected chi connectivity index (χ3v) is 2.75. The maximum Gasteiger partial charge on any atom is 0.251 e. The Kier molecular flexibility index (Phi) is 6.74. The second kappa shape index (κ2) is 8.37. The van der Waals surface area contributed by atoms with Gasteiger partial charge in [-0.1, -0.05) is 13.3 Å². The molecule has 19 heavy (non-hydrogen) atoms. The van der Waals surface area contributed by atoms with Gasteiger partial charge in [-0.2, -0.15) is 0 Å². The number of carbonyl (C=O) groups excluding carboxylic acids is 1. The normalized spacial score (nSPS) is 10.2. The fourth-order valence-corrected chi connectivity index (χ4v) is 1.63. The summed E-state index contributed by atoms with van der Waals surface area (Å²) in [7, 11) is 1.60. The second-order valence-electron chi connectivity index (χ2n) is 4.33. The molecule has 0 fully saturated rings. The summed E-state index contributed by atoms with van der Waals surface area (Å²) in [6.07, 6.45) is 2.23. The molecule has 0 radical (unpaired) electrons. The van der Waals surface area contributed by atoms with Gasteiger partial charge < -0.3 is 21.1 Å². The molecule has 0 unspecified atom stereocenters. The third-order valence-electron chi connectivity index (χ3n) is 2.75. The van der Waals surface area contributed by atoms with E-state index in [1.807, 2.05) is 6.07 Å². The number of hydrogen-bond acceptors (Lipinski definition) is 4. The summed E-state index contributed by atoms with van der Waals surface area (Å²) >= 11 is 0. The van der Waals surface area contributed by atoms with Gasteiger partial charge in [-0.15, -0.1) is 0 Å². The van der Waals surface area contributed by atoms with Crippen LogP contribution in [0.3, 0.4) is 0 Å². The van der Waals surface area contributed by atoms with Crippen molar-refractivity contribution < 1.29 is 9.53 Å². The van der Waals surface area contributed by atoms with Crippen LogP contribution in [0.4, 0.5) is 11.4 Å². The van der Waals surface area contributed by atoms with Gasteiger partial charge in [0, 0.05) is 25.8 Å². The number of nitrogens with two attached hydrogens (primary N) is 1. The molecule has 4 N–H and O–H groups in total. The Hall–Kier alpha value is -1.75. The Bertz CT molecular complexity index is 408. The lowest BCUT2D eigenvalue weighted by Crippen LogP contribution is -2.27. The standard InChI is InChI=1S/C14H23N3O2/c1-3-4-7-16-13-6-5-11(10-12(13)15)14(18)17-8-9-19-2/h5-6,10,16H,3-4,7-9,15H2,1-2H3,(H,17,18). The fraction of sp³-hybridized carbons (Fsp3) is 0.500. The largest absolute Gasteiger partial charge is 0.397 e. The SMILES string of the molecule is CCCCNc1ccc(C(=O)NCCOC)cc1N. The number of anilines is 2. The first-order valence-corrected chi connectivity index (χ1v) is 6.59. The number of carbonyl (C=O) groups is 1. The number of methoxy groups -OCH3 is 1. The van der Waals surface area contributed by atoms with Crippen LogP contribution >= 0.6 is 0 Å². The number of rotatable bonds is 8.